The van der Waals surface area contributed by atoms with E-state index in [2.05, 4.69) is 42.0 Å². The SMILES string of the molecule is Cc1cc(C)n(CC(O)CN(Cc2ccc(C)c(C)c2)Cc2ccco2)n1. The maximum atomic E-state index is 10.7. The second kappa shape index (κ2) is 8.55. The normalized spacial score (nSPS) is 12.7. The summed E-state index contributed by atoms with van der Waals surface area (Å²) in [6.45, 7) is 10.7. The second-order valence-electron chi connectivity index (χ2n) is 7.43. The highest BCUT2D eigenvalue weighted by Gasteiger charge is 2.16. The summed E-state index contributed by atoms with van der Waals surface area (Å²) in [5.74, 6) is 0.900. The van der Waals surface area contributed by atoms with Crippen molar-refractivity contribution in [2.45, 2.75) is 53.4 Å². The van der Waals surface area contributed by atoms with Crippen LogP contribution in [0.1, 0.15) is 33.8 Å². The average Bonchev–Trinajstić information content (AvgIpc) is 3.20. The van der Waals surface area contributed by atoms with Crippen molar-refractivity contribution in [3.63, 3.8) is 0 Å². The van der Waals surface area contributed by atoms with Crippen molar-refractivity contribution in [2.24, 2.45) is 0 Å². The van der Waals surface area contributed by atoms with Gasteiger partial charge < -0.3 is 9.52 Å². The molecule has 1 atom stereocenters. The van der Waals surface area contributed by atoms with Crippen LogP contribution >= 0.6 is 0 Å². The number of furan rings is 1. The first-order chi connectivity index (χ1) is 12.9. The minimum Gasteiger partial charge on any atom is -0.468 e. The Labute approximate surface area is 161 Å². The molecular formula is C22H29N3O2. The molecule has 0 bridgehead atoms. The Balaban J connectivity index is 1.70. The van der Waals surface area contributed by atoms with Crippen LogP contribution in [0.4, 0.5) is 0 Å². The monoisotopic (exact) mass is 367 g/mol. The fourth-order valence-electron chi connectivity index (χ4n) is 3.38. The molecule has 0 spiro atoms. The predicted octanol–water partition coefficient (Wildman–Crippen LogP) is 3.77. The van der Waals surface area contributed by atoms with Gasteiger partial charge in [0.2, 0.25) is 0 Å². The number of hydrogen-bond acceptors (Lipinski definition) is 4. The maximum Gasteiger partial charge on any atom is 0.117 e. The Morgan fingerprint density at radius 1 is 1.07 bits per heavy atom. The van der Waals surface area contributed by atoms with Gasteiger partial charge >= 0.3 is 0 Å². The van der Waals surface area contributed by atoms with Crippen molar-refractivity contribution >= 4 is 0 Å². The van der Waals surface area contributed by atoms with E-state index >= 15 is 0 Å². The summed E-state index contributed by atoms with van der Waals surface area (Å²) < 4.78 is 7.40. The van der Waals surface area contributed by atoms with Gasteiger partial charge in [-0.15, -0.1) is 0 Å². The van der Waals surface area contributed by atoms with Gasteiger partial charge in [0, 0.05) is 18.8 Å². The lowest BCUT2D eigenvalue weighted by molar-refractivity contribution is 0.0839. The molecule has 1 unspecified atom stereocenters. The first-order valence-corrected chi connectivity index (χ1v) is 9.40. The molecule has 0 aliphatic carbocycles. The molecule has 0 saturated carbocycles. The van der Waals surface area contributed by atoms with E-state index in [4.69, 9.17) is 4.42 Å². The number of aliphatic hydroxyl groups excluding tert-OH is 1. The van der Waals surface area contributed by atoms with Crippen LogP contribution in [-0.2, 0) is 19.6 Å². The van der Waals surface area contributed by atoms with Gasteiger partial charge in [-0.1, -0.05) is 18.2 Å². The molecule has 0 aliphatic heterocycles. The number of aryl methyl sites for hydroxylation is 4. The minimum absolute atomic E-state index is 0.487. The topological polar surface area (TPSA) is 54.4 Å². The summed E-state index contributed by atoms with van der Waals surface area (Å²) >= 11 is 0. The Hall–Kier alpha value is -2.37. The van der Waals surface area contributed by atoms with Crippen LogP contribution in [0.3, 0.4) is 0 Å². The summed E-state index contributed by atoms with van der Waals surface area (Å²) in [6, 6.07) is 12.4. The van der Waals surface area contributed by atoms with Crippen LogP contribution in [0.2, 0.25) is 0 Å². The summed E-state index contributed by atoms with van der Waals surface area (Å²) in [4.78, 5) is 2.22. The molecule has 1 N–H and O–H groups in total. The smallest absolute Gasteiger partial charge is 0.117 e. The van der Waals surface area contributed by atoms with Gasteiger partial charge in [-0.2, -0.15) is 5.10 Å². The molecule has 27 heavy (non-hydrogen) atoms. The van der Waals surface area contributed by atoms with Gasteiger partial charge in [-0.25, -0.2) is 0 Å². The number of nitrogens with zero attached hydrogens (tertiary/aromatic N) is 3. The van der Waals surface area contributed by atoms with Gasteiger partial charge in [0.15, 0.2) is 0 Å². The molecule has 0 amide bonds. The molecule has 0 fully saturated rings. The molecule has 3 rings (SSSR count). The zero-order chi connectivity index (χ0) is 19.4. The Morgan fingerprint density at radius 3 is 2.52 bits per heavy atom. The summed E-state index contributed by atoms with van der Waals surface area (Å²) in [6.07, 6.45) is 1.18. The molecule has 0 radical (unpaired) electrons. The van der Waals surface area contributed by atoms with Crippen molar-refractivity contribution in [2.75, 3.05) is 6.54 Å². The second-order valence-corrected chi connectivity index (χ2v) is 7.43. The van der Waals surface area contributed by atoms with E-state index < -0.39 is 6.10 Å². The summed E-state index contributed by atoms with van der Waals surface area (Å²) in [7, 11) is 0. The number of aromatic nitrogens is 2. The van der Waals surface area contributed by atoms with Gasteiger partial charge in [-0.05, 0) is 62.6 Å². The van der Waals surface area contributed by atoms with Crippen molar-refractivity contribution in [3.8, 4) is 0 Å². The molecule has 5 heteroatoms. The molecule has 144 valence electrons. The van der Waals surface area contributed by atoms with Crippen molar-refractivity contribution in [3.05, 3.63) is 76.5 Å². The van der Waals surface area contributed by atoms with E-state index in [1.54, 1.807) is 6.26 Å². The molecule has 0 aliphatic rings. The lowest BCUT2D eigenvalue weighted by Gasteiger charge is -2.25. The third-order valence-corrected chi connectivity index (χ3v) is 4.89. The first kappa shape index (κ1) is 19.4. The predicted molar refractivity (Wildman–Crippen MR) is 106 cm³/mol. The minimum atomic E-state index is -0.510. The van der Waals surface area contributed by atoms with Gasteiger partial charge in [0.1, 0.15) is 5.76 Å². The van der Waals surface area contributed by atoms with Crippen LogP contribution in [0, 0.1) is 27.7 Å². The van der Waals surface area contributed by atoms with Crippen LogP contribution in [0.25, 0.3) is 0 Å². The van der Waals surface area contributed by atoms with Crippen LogP contribution in [0.15, 0.2) is 47.1 Å². The van der Waals surface area contributed by atoms with Crippen LogP contribution < -0.4 is 0 Å². The fraction of sp³-hybridized carbons (Fsp3) is 0.409. The maximum absolute atomic E-state index is 10.7. The number of aliphatic hydroxyl groups is 1. The standard InChI is InChI=1S/C22H29N3O2/c1-16-7-8-20(10-17(16)2)12-24(15-22-6-5-9-27-22)13-21(26)14-25-19(4)11-18(3)23-25/h5-11,21,26H,12-15H2,1-4H3. The third-order valence-electron chi connectivity index (χ3n) is 4.89. The number of hydrogen-bond donors (Lipinski definition) is 1. The molecule has 5 nitrogen and oxygen atoms in total. The largest absolute Gasteiger partial charge is 0.468 e. The highest BCUT2D eigenvalue weighted by Crippen LogP contribution is 2.15. The third kappa shape index (κ3) is 5.31. The van der Waals surface area contributed by atoms with Gasteiger partial charge in [0.05, 0.1) is 31.2 Å². The van der Waals surface area contributed by atoms with Crippen molar-refractivity contribution in [1.29, 1.82) is 0 Å². The van der Waals surface area contributed by atoms with E-state index in [9.17, 15) is 5.11 Å². The van der Waals surface area contributed by atoms with E-state index in [0.717, 1.165) is 23.7 Å². The van der Waals surface area contributed by atoms with Gasteiger partial charge in [0.25, 0.3) is 0 Å². The van der Waals surface area contributed by atoms with Crippen molar-refractivity contribution < 1.29 is 9.52 Å². The van der Waals surface area contributed by atoms with E-state index in [1.165, 1.54) is 16.7 Å². The number of rotatable bonds is 8. The summed E-state index contributed by atoms with van der Waals surface area (Å²) in [5.41, 5.74) is 5.86. The Morgan fingerprint density at radius 2 is 1.89 bits per heavy atom. The lowest BCUT2D eigenvalue weighted by atomic mass is 10.1. The molecule has 2 heterocycles. The Kier molecular flexibility index (Phi) is 6.14. The van der Waals surface area contributed by atoms with Crippen LogP contribution in [-0.4, -0.2) is 32.4 Å². The molecule has 3 aromatic rings. The molecule has 2 aromatic heterocycles. The molecular weight excluding hydrogens is 338 g/mol. The highest BCUT2D eigenvalue weighted by molar-refractivity contribution is 5.29. The lowest BCUT2D eigenvalue weighted by Crippen LogP contribution is -2.34. The zero-order valence-electron chi connectivity index (χ0n) is 16.6. The van der Waals surface area contributed by atoms with E-state index in [-0.39, 0.29) is 0 Å². The number of benzene rings is 1. The highest BCUT2D eigenvalue weighted by atomic mass is 16.3. The molecule has 0 saturated heterocycles. The van der Waals surface area contributed by atoms with E-state index in [1.807, 2.05) is 36.7 Å². The zero-order valence-corrected chi connectivity index (χ0v) is 16.6. The van der Waals surface area contributed by atoms with Crippen molar-refractivity contribution in [1.82, 2.24) is 14.7 Å². The quantitative estimate of drug-likeness (QED) is 0.658. The average molecular weight is 367 g/mol. The first-order valence-electron chi connectivity index (χ1n) is 9.40. The molecule has 1 aromatic carbocycles. The summed E-state index contributed by atoms with van der Waals surface area (Å²) in [5, 5.41) is 15.1. The Bertz CT molecular complexity index is 868. The van der Waals surface area contributed by atoms with Crippen LogP contribution in [0.5, 0.6) is 0 Å². The van der Waals surface area contributed by atoms with Gasteiger partial charge in [-0.3, -0.25) is 9.58 Å². The fourth-order valence-corrected chi connectivity index (χ4v) is 3.38. The van der Waals surface area contributed by atoms with E-state index in [0.29, 0.717) is 19.6 Å².